The molecule has 0 aliphatic heterocycles. The molecule has 7 nitrogen and oxygen atoms in total. The summed E-state index contributed by atoms with van der Waals surface area (Å²) >= 11 is 12.3. The van der Waals surface area contributed by atoms with E-state index in [0.717, 1.165) is 5.56 Å². The number of anilines is 1. The number of para-hydroxylation sites is 1. The predicted octanol–water partition coefficient (Wildman–Crippen LogP) is 4.01. The van der Waals surface area contributed by atoms with Crippen molar-refractivity contribution in [2.24, 2.45) is 0 Å². The van der Waals surface area contributed by atoms with E-state index in [2.05, 4.69) is 15.7 Å². The molecule has 2 aromatic carbocycles. The van der Waals surface area contributed by atoms with Crippen LogP contribution in [0.15, 0.2) is 54.7 Å². The summed E-state index contributed by atoms with van der Waals surface area (Å²) in [7, 11) is 0. The van der Waals surface area contributed by atoms with Crippen molar-refractivity contribution in [3.05, 3.63) is 75.9 Å². The molecule has 9 heteroatoms. The molecule has 0 saturated carbocycles. The van der Waals surface area contributed by atoms with E-state index in [1.165, 1.54) is 0 Å². The predicted molar refractivity (Wildman–Crippen MR) is 116 cm³/mol. The maximum Gasteiger partial charge on any atom is 0.255 e. The largest absolute Gasteiger partial charge is 0.493 e. The highest BCUT2D eigenvalue weighted by Gasteiger charge is 2.14. The third-order valence-electron chi connectivity index (χ3n) is 4.18. The van der Waals surface area contributed by atoms with Gasteiger partial charge in [-0.15, -0.1) is 0 Å². The molecule has 0 aliphatic rings. The van der Waals surface area contributed by atoms with Crippen molar-refractivity contribution in [2.75, 3.05) is 18.5 Å². The molecule has 2 N–H and O–H groups in total. The SMILES string of the molecule is CCOc1ccccc1C(=O)NCC(=O)Nc1ccnn1Cc1cccc(Cl)c1Cl. The first-order valence-electron chi connectivity index (χ1n) is 9.24. The minimum absolute atomic E-state index is 0.206. The van der Waals surface area contributed by atoms with Gasteiger partial charge in [0.25, 0.3) is 5.91 Å². The Hall–Kier alpha value is -3.03. The standard InChI is InChI=1S/C21H20Cl2N4O3/c1-2-30-17-9-4-3-7-15(17)21(29)24-12-19(28)26-18-10-11-25-27(18)13-14-6-5-8-16(22)20(14)23/h3-11H,2,12-13H2,1H3,(H,24,29)(H,26,28). The van der Waals surface area contributed by atoms with Gasteiger partial charge in [-0.25, -0.2) is 4.68 Å². The number of carbonyl (C=O) groups excluding carboxylic acids is 2. The zero-order chi connectivity index (χ0) is 21.5. The van der Waals surface area contributed by atoms with Crippen LogP contribution >= 0.6 is 23.2 Å². The normalized spacial score (nSPS) is 10.5. The molecule has 1 aromatic heterocycles. The Kier molecular flexibility index (Phi) is 7.32. The molecule has 3 rings (SSSR count). The van der Waals surface area contributed by atoms with Gasteiger partial charge in [0.05, 0.1) is 41.5 Å². The van der Waals surface area contributed by atoms with Gasteiger partial charge < -0.3 is 15.4 Å². The van der Waals surface area contributed by atoms with Gasteiger partial charge >= 0.3 is 0 Å². The Morgan fingerprint density at radius 2 is 1.90 bits per heavy atom. The van der Waals surface area contributed by atoms with Crippen LogP contribution in [0.3, 0.4) is 0 Å². The molecule has 0 fully saturated rings. The molecule has 0 spiro atoms. The highest BCUT2D eigenvalue weighted by molar-refractivity contribution is 6.42. The highest BCUT2D eigenvalue weighted by Crippen LogP contribution is 2.26. The molecule has 2 amide bonds. The first kappa shape index (κ1) is 21.7. The van der Waals surface area contributed by atoms with Crippen LogP contribution in [0.2, 0.25) is 10.0 Å². The van der Waals surface area contributed by atoms with Crippen molar-refractivity contribution in [3.8, 4) is 5.75 Å². The van der Waals surface area contributed by atoms with Gasteiger partial charge in [-0.3, -0.25) is 9.59 Å². The first-order valence-corrected chi connectivity index (χ1v) is 9.99. The van der Waals surface area contributed by atoms with Gasteiger partial charge in [-0.1, -0.05) is 47.5 Å². The quantitative estimate of drug-likeness (QED) is 0.547. The van der Waals surface area contributed by atoms with Crippen molar-refractivity contribution < 1.29 is 14.3 Å². The second kappa shape index (κ2) is 10.1. The summed E-state index contributed by atoms with van der Waals surface area (Å²) in [6, 6.07) is 13.8. The van der Waals surface area contributed by atoms with Crippen LogP contribution in [0.5, 0.6) is 5.75 Å². The molecule has 156 valence electrons. The molecule has 30 heavy (non-hydrogen) atoms. The monoisotopic (exact) mass is 446 g/mol. The third kappa shape index (κ3) is 5.31. The number of amides is 2. The van der Waals surface area contributed by atoms with Crippen molar-refractivity contribution in [1.29, 1.82) is 0 Å². The summed E-state index contributed by atoms with van der Waals surface area (Å²) in [4.78, 5) is 24.7. The van der Waals surface area contributed by atoms with E-state index < -0.39 is 11.8 Å². The number of nitrogens with zero attached hydrogens (tertiary/aromatic N) is 2. The van der Waals surface area contributed by atoms with E-state index in [1.807, 2.05) is 13.0 Å². The molecule has 0 atom stereocenters. The molecule has 0 radical (unpaired) electrons. The number of benzene rings is 2. The smallest absolute Gasteiger partial charge is 0.255 e. The molecule has 0 unspecified atom stereocenters. The summed E-state index contributed by atoms with van der Waals surface area (Å²) in [5, 5.41) is 10.4. The Balaban J connectivity index is 1.61. The minimum atomic E-state index is -0.395. The van der Waals surface area contributed by atoms with Gasteiger partial charge in [0.2, 0.25) is 5.91 Å². The minimum Gasteiger partial charge on any atom is -0.493 e. The average Bonchev–Trinajstić information content (AvgIpc) is 3.17. The lowest BCUT2D eigenvalue weighted by Gasteiger charge is -2.12. The fourth-order valence-electron chi connectivity index (χ4n) is 2.78. The van der Waals surface area contributed by atoms with Crippen molar-refractivity contribution in [3.63, 3.8) is 0 Å². The van der Waals surface area contributed by atoms with E-state index in [-0.39, 0.29) is 6.54 Å². The summed E-state index contributed by atoms with van der Waals surface area (Å²) < 4.78 is 7.03. The molecule has 0 bridgehead atoms. The van der Waals surface area contributed by atoms with Crippen LogP contribution in [-0.4, -0.2) is 34.7 Å². The van der Waals surface area contributed by atoms with Crippen molar-refractivity contribution >= 4 is 40.8 Å². The number of ether oxygens (including phenoxy) is 1. The number of carbonyl (C=O) groups is 2. The lowest BCUT2D eigenvalue weighted by molar-refractivity contribution is -0.115. The highest BCUT2D eigenvalue weighted by atomic mass is 35.5. The van der Waals surface area contributed by atoms with Crippen LogP contribution in [0.1, 0.15) is 22.8 Å². The van der Waals surface area contributed by atoms with E-state index in [9.17, 15) is 9.59 Å². The summed E-state index contributed by atoms with van der Waals surface area (Å²) in [6.07, 6.45) is 1.56. The number of hydrogen-bond acceptors (Lipinski definition) is 4. The topological polar surface area (TPSA) is 85.2 Å². The number of halogens is 2. The van der Waals surface area contributed by atoms with E-state index in [1.54, 1.807) is 53.3 Å². The van der Waals surface area contributed by atoms with Crippen molar-refractivity contribution in [1.82, 2.24) is 15.1 Å². The number of hydrogen-bond donors (Lipinski definition) is 2. The Bertz CT molecular complexity index is 1050. The van der Waals surface area contributed by atoms with Gasteiger partial charge in [0.1, 0.15) is 11.6 Å². The number of nitrogens with one attached hydrogen (secondary N) is 2. The third-order valence-corrected chi connectivity index (χ3v) is 5.03. The molecule has 1 heterocycles. The van der Waals surface area contributed by atoms with E-state index >= 15 is 0 Å². The maximum atomic E-state index is 12.4. The molecular weight excluding hydrogens is 427 g/mol. The van der Waals surface area contributed by atoms with Gasteiger partial charge in [-0.05, 0) is 30.7 Å². The second-order valence-electron chi connectivity index (χ2n) is 6.25. The lowest BCUT2D eigenvalue weighted by atomic mass is 10.2. The van der Waals surface area contributed by atoms with Gasteiger partial charge in [-0.2, -0.15) is 5.10 Å². The molecular formula is C21H20Cl2N4O3. The first-order chi connectivity index (χ1) is 14.5. The fourth-order valence-corrected chi connectivity index (χ4v) is 3.16. The summed E-state index contributed by atoms with van der Waals surface area (Å²) in [5.41, 5.74) is 1.14. The van der Waals surface area contributed by atoms with Crippen LogP contribution < -0.4 is 15.4 Å². The number of rotatable bonds is 8. The maximum absolute atomic E-state index is 12.4. The number of aromatic nitrogens is 2. The van der Waals surface area contributed by atoms with Crippen LogP contribution in [0.25, 0.3) is 0 Å². The Morgan fingerprint density at radius 1 is 1.10 bits per heavy atom. The van der Waals surface area contributed by atoms with Crippen LogP contribution in [0, 0.1) is 0 Å². The summed E-state index contributed by atoms with van der Waals surface area (Å²) in [6.45, 7) is 2.39. The second-order valence-corrected chi connectivity index (χ2v) is 7.03. The fraction of sp³-hybridized carbons (Fsp3) is 0.190. The molecule has 0 saturated heterocycles. The molecule has 3 aromatic rings. The molecule has 0 aliphatic carbocycles. The van der Waals surface area contributed by atoms with E-state index in [0.29, 0.717) is 40.3 Å². The Morgan fingerprint density at radius 3 is 2.70 bits per heavy atom. The van der Waals surface area contributed by atoms with Crippen LogP contribution in [-0.2, 0) is 11.3 Å². The zero-order valence-electron chi connectivity index (χ0n) is 16.2. The van der Waals surface area contributed by atoms with Gasteiger partial charge in [0, 0.05) is 6.07 Å². The lowest BCUT2D eigenvalue weighted by Crippen LogP contribution is -2.33. The summed E-state index contributed by atoms with van der Waals surface area (Å²) in [5.74, 6) is 0.152. The average molecular weight is 447 g/mol. The zero-order valence-corrected chi connectivity index (χ0v) is 17.7. The van der Waals surface area contributed by atoms with Crippen molar-refractivity contribution in [2.45, 2.75) is 13.5 Å². The van der Waals surface area contributed by atoms with Gasteiger partial charge in [0.15, 0.2) is 0 Å². The van der Waals surface area contributed by atoms with Crippen LogP contribution in [0.4, 0.5) is 5.82 Å². The Labute approximate surface area is 183 Å². The van der Waals surface area contributed by atoms with E-state index in [4.69, 9.17) is 27.9 Å².